The van der Waals surface area contributed by atoms with E-state index in [0.29, 0.717) is 16.4 Å². The molecule has 0 aliphatic rings. The third kappa shape index (κ3) is 4.63. The predicted octanol–water partition coefficient (Wildman–Crippen LogP) is 4.74. The minimum Gasteiger partial charge on any atom is -0.298 e. The van der Waals surface area contributed by atoms with Crippen molar-refractivity contribution >= 4 is 43.7 Å². The van der Waals surface area contributed by atoms with E-state index in [1.807, 2.05) is 29.8 Å². The summed E-state index contributed by atoms with van der Waals surface area (Å²) in [5, 5.41) is 8.01. The molecule has 164 valence electrons. The number of carbonyl (C=O) groups excluding carboxylic acids is 1. The molecular weight excluding hydrogens is 464 g/mol. The Balaban J connectivity index is 1.45. The third-order valence-corrected chi connectivity index (χ3v) is 8.26. The molecule has 0 saturated heterocycles. The van der Waals surface area contributed by atoms with Gasteiger partial charge in [0.25, 0.3) is 5.91 Å². The van der Waals surface area contributed by atoms with Crippen LogP contribution in [0.4, 0.5) is 5.13 Å². The van der Waals surface area contributed by atoms with E-state index in [2.05, 4.69) is 15.3 Å². The van der Waals surface area contributed by atoms with Crippen LogP contribution in [0, 0.1) is 6.92 Å². The number of amides is 1. The summed E-state index contributed by atoms with van der Waals surface area (Å²) in [6, 6.07) is 13.8. The molecule has 0 atom stereocenters. The minimum atomic E-state index is -3.48. The maximum Gasteiger partial charge on any atom is 0.257 e. The summed E-state index contributed by atoms with van der Waals surface area (Å²) in [5.41, 5.74) is 3.89. The number of sulfonamides is 1. The fraction of sp³-hybridized carbons (Fsp3) is 0.136. The normalized spacial score (nSPS) is 11.6. The molecule has 7 nitrogen and oxygen atoms in total. The highest BCUT2D eigenvalue weighted by molar-refractivity contribution is 7.89. The molecule has 0 bridgehead atoms. The number of carbonyl (C=O) groups is 1. The fourth-order valence-corrected chi connectivity index (χ4v) is 5.31. The summed E-state index contributed by atoms with van der Waals surface area (Å²) < 4.78 is 25.6. The Morgan fingerprint density at radius 3 is 2.16 bits per heavy atom. The Morgan fingerprint density at radius 1 is 0.906 bits per heavy atom. The lowest BCUT2D eigenvalue weighted by molar-refractivity contribution is 0.102. The first-order valence-corrected chi connectivity index (χ1v) is 12.8. The van der Waals surface area contributed by atoms with Gasteiger partial charge in [0, 0.05) is 47.2 Å². The van der Waals surface area contributed by atoms with Crippen LogP contribution >= 0.6 is 22.7 Å². The van der Waals surface area contributed by atoms with E-state index < -0.39 is 10.0 Å². The lowest BCUT2D eigenvalue weighted by atomic mass is 10.1. The van der Waals surface area contributed by atoms with E-state index in [1.54, 1.807) is 47.7 Å². The maximum absolute atomic E-state index is 12.6. The van der Waals surface area contributed by atoms with Crippen LogP contribution in [0.1, 0.15) is 16.1 Å². The van der Waals surface area contributed by atoms with Gasteiger partial charge in [0.1, 0.15) is 5.01 Å². The molecule has 0 fully saturated rings. The molecule has 2 heterocycles. The zero-order chi connectivity index (χ0) is 22.9. The van der Waals surface area contributed by atoms with E-state index in [-0.39, 0.29) is 10.8 Å². The number of nitrogens with one attached hydrogen (secondary N) is 1. The van der Waals surface area contributed by atoms with Gasteiger partial charge < -0.3 is 0 Å². The van der Waals surface area contributed by atoms with Crippen molar-refractivity contribution in [2.45, 2.75) is 11.8 Å². The Hall–Kier alpha value is -2.92. The van der Waals surface area contributed by atoms with Gasteiger partial charge in [-0.3, -0.25) is 10.1 Å². The number of thiazole rings is 2. The van der Waals surface area contributed by atoms with Crippen LogP contribution in [0.2, 0.25) is 0 Å². The molecule has 10 heteroatoms. The van der Waals surface area contributed by atoms with Crippen LogP contribution in [0.5, 0.6) is 0 Å². The largest absolute Gasteiger partial charge is 0.298 e. The average molecular weight is 485 g/mol. The smallest absolute Gasteiger partial charge is 0.257 e. The molecule has 1 N–H and O–H groups in total. The van der Waals surface area contributed by atoms with Gasteiger partial charge >= 0.3 is 0 Å². The Morgan fingerprint density at radius 2 is 1.56 bits per heavy atom. The zero-order valence-corrected chi connectivity index (χ0v) is 20.0. The molecule has 2 aromatic carbocycles. The zero-order valence-electron chi connectivity index (χ0n) is 17.6. The van der Waals surface area contributed by atoms with Crippen molar-refractivity contribution in [3.63, 3.8) is 0 Å². The Labute approximate surface area is 194 Å². The number of benzene rings is 2. The summed E-state index contributed by atoms with van der Waals surface area (Å²) in [7, 11) is -0.497. The minimum absolute atomic E-state index is 0.214. The van der Waals surface area contributed by atoms with Gasteiger partial charge in [-0.05, 0) is 31.2 Å². The standard InChI is InChI=1S/C22H20N4O3S3/c1-14-12-30-21(23-14)17-6-4-16(5-7-17)20(27)25-22-24-19(13-31-22)15-8-10-18(11-9-15)32(28,29)26(2)3/h4-13H,1-3H3,(H,24,25,27). The molecule has 4 aromatic rings. The molecule has 32 heavy (non-hydrogen) atoms. The number of hydrogen-bond acceptors (Lipinski definition) is 7. The molecule has 1 amide bonds. The van der Waals surface area contributed by atoms with E-state index in [9.17, 15) is 13.2 Å². The molecule has 0 unspecified atom stereocenters. The van der Waals surface area contributed by atoms with Gasteiger partial charge in [-0.15, -0.1) is 22.7 Å². The van der Waals surface area contributed by atoms with Crippen LogP contribution in [0.25, 0.3) is 21.8 Å². The van der Waals surface area contributed by atoms with Gasteiger partial charge in [-0.25, -0.2) is 22.7 Å². The van der Waals surface area contributed by atoms with Crippen molar-refractivity contribution in [1.82, 2.24) is 14.3 Å². The predicted molar refractivity (Wildman–Crippen MR) is 129 cm³/mol. The van der Waals surface area contributed by atoms with Crippen molar-refractivity contribution in [3.8, 4) is 21.8 Å². The highest BCUT2D eigenvalue weighted by atomic mass is 32.2. The second-order valence-corrected chi connectivity index (χ2v) is 11.0. The highest BCUT2D eigenvalue weighted by Gasteiger charge is 2.17. The molecular formula is C22H20N4O3S3. The van der Waals surface area contributed by atoms with Crippen molar-refractivity contribution in [2.75, 3.05) is 19.4 Å². The molecule has 2 aromatic heterocycles. The fourth-order valence-electron chi connectivity index (χ4n) is 2.89. The van der Waals surface area contributed by atoms with E-state index >= 15 is 0 Å². The number of anilines is 1. The molecule has 4 rings (SSSR count). The van der Waals surface area contributed by atoms with Crippen LogP contribution < -0.4 is 5.32 Å². The summed E-state index contributed by atoms with van der Waals surface area (Å²) in [6.07, 6.45) is 0. The number of rotatable bonds is 6. The molecule has 0 spiro atoms. The summed E-state index contributed by atoms with van der Waals surface area (Å²) in [6.45, 7) is 1.95. The van der Waals surface area contributed by atoms with Gasteiger partial charge in [-0.1, -0.05) is 24.3 Å². The van der Waals surface area contributed by atoms with Crippen molar-refractivity contribution in [1.29, 1.82) is 0 Å². The third-order valence-electron chi connectivity index (χ3n) is 4.67. The monoisotopic (exact) mass is 484 g/mol. The average Bonchev–Trinajstić information content (AvgIpc) is 3.43. The van der Waals surface area contributed by atoms with Crippen LogP contribution in [-0.4, -0.2) is 42.7 Å². The maximum atomic E-state index is 12.6. The van der Waals surface area contributed by atoms with E-state index in [1.165, 1.54) is 29.7 Å². The highest BCUT2D eigenvalue weighted by Crippen LogP contribution is 2.27. The number of nitrogens with zero attached hydrogens (tertiary/aromatic N) is 3. The Kier molecular flexibility index (Phi) is 6.20. The van der Waals surface area contributed by atoms with E-state index in [4.69, 9.17) is 0 Å². The lowest BCUT2D eigenvalue weighted by Crippen LogP contribution is -2.22. The van der Waals surface area contributed by atoms with Crippen LogP contribution in [0.3, 0.4) is 0 Å². The van der Waals surface area contributed by atoms with Crippen molar-refractivity contribution in [3.05, 3.63) is 70.5 Å². The second-order valence-electron chi connectivity index (χ2n) is 7.18. The topological polar surface area (TPSA) is 92.3 Å². The van der Waals surface area contributed by atoms with Crippen molar-refractivity contribution < 1.29 is 13.2 Å². The summed E-state index contributed by atoms with van der Waals surface area (Å²) in [5.74, 6) is -0.250. The lowest BCUT2D eigenvalue weighted by Gasteiger charge is -2.11. The summed E-state index contributed by atoms with van der Waals surface area (Å²) in [4.78, 5) is 21.7. The summed E-state index contributed by atoms with van der Waals surface area (Å²) >= 11 is 2.87. The number of aryl methyl sites for hydroxylation is 1. The SMILES string of the molecule is Cc1csc(-c2ccc(C(=O)Nc3nc(-c4ccc(S(=O)(=O)N(C)C)cc4)cs3)cc2)n1. The molecule has 0 aliphatic carbocycles. The molecule has 0 saturated carbocycles. The molecule has 0 aliphatic heterocycles. The van der Waals surface area contributed by atoms with Gasteiger partial charge in [-0.2, -0.15) is 0 Å². The van der Waals surface area contributed by atoms with Gasteiger partial charge in [0.05, 0.1) is 10.6 Å². The first-order valence-electron chi connectivity index (χ1n) is 9.56. The van der Waals surface area contributed by atoms with Gasteiger partial charge in [0.2, 0.25) is 10.0 Å². The first kappa shape index (κ1) is 22.3. The first-order chi connectivity index (χ1) is 15.2. The number of aromatic nitrogens is 2. The number of hydrogen-bond donors (Lipinski definition) is 1. The van der Waals surface area contributed by atoms with Crippen molar-refractivity contribution in [2.24, 2.45) is 0 Å². The van der Waals surface area contributed by atoms with Crippen LogP contribution in [0.15, 0.2) is 64.2 Å². The van der Waals surface area contributed by atoms with Gasteiger partial charge in [0.15, 0.2) is 5.13 Å². The second kappa shape index (κ2) is 8.91. The quantitative estimate of drug-likeness (QED) is 0.427. The van der Waals surface area contributed by atoms with E-state index in [0.717, 1.165) is 21.8 Å². The van der Waals surface area contributed by atoms with Crippen LogP contribution in [-0.2, 0) is 10.0 Å². The Bertz CT molecular complexity index is 1360. The molecule has 0 radical (unpaired) electrons.